The number of amides is 2. The maximum atomic E-state index is 13.6. The molecule has 2 amide bonds. The summed E-state index contributed by atoms with van der Waals surface area (Å²) in [7, 11) is 0. The first kappa shape index (κ1) is 19.7. The Morgan fingerprint density at radius 3 is 2.17 bits per heavy atom. The predicted molar refractivity (Wildman–Crippen MR) is 117 cm³/mol. The first-order chi connectivity index (χ1) is 13.9. The minimum atomic E-state index is -0.274. The number of nitrogens with zero attached hydrogens (tertiary/aromatic N) is 2. The number of anilines is 1. The SMILES string of the molecule is Cc1ccc(C2=C(N3CCCCC3)C(=O)N(c3cc(Cl)ccc3C)C2=O)cc1C. The highest BCUT2D eigenvalue weighted by Crippen LogP contribution is 2.38. The first-order valence-corrected chi connectivity index (χ1v) is 10.5. The van der Waals surface area contributed by atoms with E-state index in [0.29, 0.717) is 22.0 Å². The Bertz CT molecular complexity index is 1040. The Morgan fingerprint density at radius 1 is 0.793 bits per heavy atom. The van der Waals surface area contributed by atoms with Crippen LogP contribution in [0.1, 0.15) is 41.5 Å². The summed E-state index contributed by atoms with van der Waals surface area (Å²) in [6, 6.07) is 11.3. The third-order valence-electron chi connectivity index (χ3n) is 5.94. The van der Waals surface area contributed by atoms with Crippen LogP contribution in [-0.2, 0) is 9.59 Å². The second-order valence-corrected chi connectivity index (χ2v) is 8.38. The number of hydrogen-bond donors (Lipinski definition) is 0. The van der Waals surface area contributed by atoms with Crippen LogP contribution in [0.25, 0.3) is 5.57 Å². The highest BCUT2D eigenvalue weighted by atomic mass is 35.5. The fraction of sp³-hybridized carbons (Fsp3) is 0.333. The number of imide groups is 1. The molecule has 2 aromatic rings. The first-order valence-electron chi connectivity index (χ1n) is 10.1. The van der Waals surface area contributed by atoms with E-state index in [0.717, 1.165) is 54.6 Å². The highest BCUT2D eigenvalue weighted by Gasteiger charge is 2.43. The van der Waals surface area contributed by atoms with E-state index in [-0.39, 0.29) is 11.8 Å². The van der Waals surface area contributed by atoms with Crippen molar-refractivity contribution in [2.24, 2.45) is 0 Å². The third kappa shape index (κ3) is 3.46. The summed E-state index contributed by atoms with van der Waals surface area (Å²) in [4.78, 5) is 30.6. The van der Waals surface area contributed by atoms with E-state index in [1.165, 1.54) is 4.90 Å². The van der Waals surface area contributed by atoms with Crippen molar-refractivity contribution in [2.75, 3.05) is 18.0 Å². The number of piperidine rings is 1. The highest BCUT2D eigenvalue weighted by molar-refractivity contribution is 6.45. The molecule has 0 atom stereocenters. The Morgan fingerprint density at radius 2 is 1.48 bits per heavy atom. The molecule has 2 aromatic carbocycles. The normalized spacial score (nSPS) is 17.5. The topological polar surface area (TPSA) is 40.6 Å². The van der Waals surface area contributed by atoms with Gasteiger partial charge in [-0.15, -0.1) is 0 Å². The summed E-state index contributed by atoms with van der Waals surface area (Å²) in [5.74, 6) is -0.528. The minimum Gasteiger partial charge on any atom is -0.366 e. The van der Waals surface area contributed by atoms with Crippen molar-refractivity contribution >= 4 is 34.7 Å². The molecule has 2 aliphatic rings. The van der Waals surface area contributed by atoms with Crippen LogP contribution in [0.15, 0.2) is 42.1 Å². The molecule has 150 valence electrons. The van der Waals surface area contributed by atoms with Gasteiger partial charge in [0.1, 0.15) is 5.70 Å². The van der Waals surface area contributed by atoms with Crippen LogP contribution < -0.4 is 4.90 Å². The van der Waals surface area contributed by atoms with Gasteiger partial charge in [-0.1, -0.05) is 35.9 Å². The van der Waals surface area contributed by atoms with Gasteiger partial charge in [0.2, 0.25) is 0 Å². The van der Waals surface area contributed by atoms with Crippen LogP contribution in [0.4, 0.5) is 5.69 Å². The van der Waals surface area contributed by atoms with E-state index in [4.69, 9.17) is 11.6 Å². The molecule has 0 aliphatic carbocycles. The van der Waals surface area contributed by atoms with E-state index in [1.54, 1.807) is 12.1 Å². The van der Waals surface area contributed by atoms with E-state index in [2.05, 4.69) is 4.90 Å². The number of aryl methyl sites for hydroxylation is 3. The lowest BCUT2D eigenvalue weighted by Crippen LogP contribution is -2.37. The summed E-state index contributed by atoms with van der Waals surface area (Å²) in [6.07, 6.45) is 3.21. The number of likely N-dealkylation sites (tertiary alicyclic amines) is 1. The zero-order chi connectivity index (χ0) is 20.7. The molecule has 0 spiro atoms. The van der Waals surface area contributed by atoms with Gasteiger partial charge in [-0.25, -0.2) is 4.90 Å². The van der Waals surface area contributed by atoms with Gasteiger partial charge in [-0.05, 0) is 74.4 Å². The Kier molecular flexibility index (Phi) is 5.22. The molecule has 2 heterocycles. The van der Waals surface area contributed by atoms with E-state index in [1.807, 2.05) is 45.0 Å². The number of rotatable bonds is 3. The van der Waals surface area contributed by atoms with Gasteiger partial charge >= 0.3 is 0 Å². The van der Waals surface area contributed by atoms with Gasteiger partial charge in [0.15, 0.2) is 0 Å². The van der Waals surface area contributed by atoms with Crippen LogP contribution in [0.5, 0.6) is 0 Å². The van der Waals surface area contributed by atoms with Crippen molar-refractivity contribution in [1.29, 1.82) is 0 Å². The Hall–Kier alpha value is -2.59. The second kappa shape index (κ2) is 7.68. The average molecular weight is 409 g/mol. The Balaban J connectivity index is 1.87. The molecule has 1 saturated heterocycles. The van der Waals surface area contributed by atoms with Crippen molar-refractivity contribution in [2.45, 2.75) is 40.0 Å². The Labute approximate surface area is 176 Å². The van der Waals surface area contributed by atoms with Gasteiger partial charge in [0.25, 0.3) is 11.8 Å². The van der Waals surface area contributed by atoms with Gasteiger partial charge in [0.05, 0.1) is 11.3 Å². The summed E-state index contributed by atoms with van der Waals surface area (Å²) in [5.41, 5.74) is 5.49. The fourth-order valence-corrected chi connectivity index (χ4v) is 4.29. The molecule has 4 rings (SSSR count). The van der Waals surface area contributed by atoms with Crippen molar-refractivity contribution in [1.82, 2.24) is 4.90 Å². The van der Waals surface area contributed by atoms with Crippen molar-refractivity contribution in [3.63, 3.8) is 0 Å². The molecule has 5 heteroatoms. The molecule has 0 N–H and O–H groups in total. The largest absolute Gasteiger partial charge is 0.366 e. The van der Waals surface area contributed by atoms with E-state index < -0.39 is 0 Å². The van der Waals surface area contributed by atoms with Gasteiger partial charge in [-0.3, -0.25) is 9.59 Å². The number of halogens is 1. The number of carbonyl (C=O) groups is 2. The quantitative estimate of drug-likeness (QED) is 0.668. The molecule has 0 radical (unpaired) electrons. The molecular weight excluding hydrogens is 384 g/mol. The van der Waals surface area contributed by atoms with Crippen LogP contribution in [0.2, 0.25) is 5.02 Å². The third-order valence-corrected chi connectivity index (χ3v) is 6.17. The van der Waals surface area contributed by atoms with Crippen LogP contribution in [-0.4, -0.2) is 29.8 Å². The van der Waals surface area contributed by atoms with E-state index in [9.17, 15) is 9.59 Å². The number of hydrogen-bond acceptors (Lipinski definition) is 3. The van der Waals surface area contributed by atoms with Crippen molar-refractivity contribution in [3.8, 4) is 0 Å². The molecular formula is C24H25ClN2O2. The van der Waals surface area contributed by atoms with Crippen molar-refractivity contribution in [3.05, 3.63) is 69.4 Å². The van der Waals surface area contributed by atoms with Gasteiger partial charge in [0, 0.05) is 18.1 Å². The second-order valence-electron chi connectivity index (χ2n) is 7.95. The lowest BCUT2D eigenvalue weighted by Gasteiger charge is -2.29. The van der Waals surface area contributed by atoms with Crippen LogP contribution in [0.3, 0.4) is 0 Å². The maximum absolute atomic E-state index is 13.6. The minimum absolute atomic E-state index is 0.254. The van der Waals surface area contributed by atoms with Gasteiger partial charge in [-0.2, -0.15) is 0 Å². The molecule has 1 fully saturated rings. The fourth-order valence-electron chi connectivity index (χ4n) is 4.13. The van der Waals surface area contributed by atoms with E-state index >= 15 is 0 Å². The average Bonchev–Trinajstić information content (AvgIpc) is 2.97. The molecule has 0 saturated carbocycles. The molecule has 29 heavy (non-hydrogen) atoms. The number of benzene rings is 2. The predicted octanol–water partition coefficient (Wildman–Crippen LogP) is 5.04. The van der Waals surface area contributed by atoms with Crippen LogP contribution in [0, 0.1) is 20.8 Å². The number of carbonyl (C=O) groups excluding carboxylic acids is 2. The molecule has 0 bridgehead atoms. The summed E-state index contributed by atoms with van der Waals surface area (Å²) in [5, 5.41) is 0.505. The van der Waals surface area contributed by atoms with Gasteiger partial charge < -0.3 is 4.90 Å². The molecule has 0 aromatic heterocycles. The zero-order valence-electron chi connectivity index (χ0n) is 17.1. The maximum Gasteiger partial charge on any atom is 0.282 e. The smallest absolute Gasteiger partial charge is 0.282 e. The summed E-state index contributed by atoms with van der Waals surface area (Å²) >= 11 is 6.19. The molecule has 4 nitrogen and oxygen atoms in total. The standard InChI is InChI=1S/C24H25ClN2O2/c1-15-7-9-18(13-17(15)3)21-22(26-11-5-4-6-12-26)24(29)27(23(21)28)20-14-19(25)10-8-16(20)2/h7-10,13-14H,4-6,11-12H2,1-3H3. The monoisotopic (exact) mass is 408 g/mol. The van der Waals surface area contributed by atoms with Crippen molar-refractivity contribution < 1.29 is 9.59 Å². The lowest BCUT2D eigenvalue weighted by molar-refractivity contribution is -0.120. The van der Waals surface area contributed by atoms with Crippen LogP contribution >= 0.6 is 11.6 Å². The molecule has 0 unspecified atom stereocenters. The zero-order valence-corrected chi connectivity index (χ0v) is 17.8. The molecule has 2 aliphatic heterocycles. The summed E-state index contributed by atoms with van der Waals surface area (Å²) in [6.45, 7) is 7.55. The summed E-state index contributed by atoms with van der Waals surface area (Å²) < 4.78 is 0. The lowest BCUT2D eigenvalue weighted by atomic mass is 9.98.